The lowest BCUT2D eigenvalue weighted by atomic mass is 9.86. The van der Waals surface area contributed by atoms with Gasteiger partial charge in [0.25, 0.3) is 0 Å². The summed E-state index contributed by atoms with van der Waals surface area (Å²) in [6.07, 6.45) is 5.50. The summed E-state index contributed by atoms with van der Waals surface area (Å²) in [6, 6.07) is 22.4. The van der Waals surface area contributed by atoms with Crippen LogP contribution >= 0.6 is 11.6 Å². The number of alkyl halides is 1. The lowest BCUT2D eigenvalue weighted by molar-refractivity contribution is 0.0696. The van der Waals surface area contributed by atoms with E-state index in [1.54, 1.807) is 6.07 Å². The van der Waals surface area contributed by atoms with Crippen LogP contribution < -0.4 is 0 Å². The van der Waals surface area contributed by atoms with Crippen molar-refractivity contribution in [2.24, 2.45) is 5.92 Å². The monoisotopic (exact) mass is 517 g/mol. The Morgan fingerprint density at radius 2 is 1.86 bits per heavy atom. The molecule has 37 heavy (non-hydrogen) atoms. The average Bonchev–Trinajstić information content (AvgIpc) is 3.25. The molecular weight excluding hydrogens is 485 g/mol. The van der Waals surface area contributed by atoms with Gasteiger partial charge in [0.05, 0.1) is 12.2 Å². The maximum atomic E-state index is 12.5. The molecule has 5 rings (SSSR count). The molecule has 0 saturated carbocycles. The second kappa shape index (κ2) is 11.6. The Balaban J connectivity index is 1.49. The third kappa shape index (κ3) is 5.97. The van der Waals surface area contributed by atoms with E-state index in [4.69, 9.17) is 11.6 Å². The van der Waals surface area contributed by atoms with Gasteiger partial charge in [0.1, 0.15) is 0 Å². The highest BCUT2D eigenvalue weighted by Gasteiger charge is 2.24. The summed E-state index contributed by atoms with van der Waals surface area (Å²) in [5, 5.41) is 10.3. The second-order valence-corrected chi connectivity index (χ2v) is 10.7. The zero-order valence-corrected chi connectivity index (χ0v) is 21.8. The number of fused-ring (bicyclic) bond motifs is 1. The molecule has 1 aliphatic carbocycles. The van der Waals surface area contributed by atoms with E-state index in [2.05, 4.69) is 35.2 Å². The fourth-order valence-electron chi connectivity index (χ4n) is 5.92. The predicted molar refractivity (Wildman–Crippen MR) is 149 cm³/mol. The van der Waals surface area contributed by atoms with E-state index < -0.39 is 5.97 Å². The molecule has 3 aromatic rings. The summed E-state index contributed by atoms with van der Waals surface area (Å²) in [7, 11) is 0. The molecule has 3 nitrogen and oxygen atoms in total. The molecule has 0 aromatic heterocycles. The molecule has 5 heteroatoms. The van der Waals surface area contributed by atoms with Crippen molar-refractivity contribution in [2.45, 2.75) is 38.5 Å². The van der Waals surface area contributed by atoms with Crippen molar-refractivity contribution in [1.29, 1.82) is 0 Å². The first-order valence-corrected chi connectivity index (χ1v) is 13.6. The number of aromatic carboxylic acids is 1. The normalized spacial score (nSPS) is 18.1. The van der Waals surface area contributed by atoms with Crippen molar-refractivity contribution >= 4 is 28.7 Å². The SMILES string of the molecule is O=C(O)c1ccc2c(c1)CCCC(c1cccc(Cl)c1)=C2c1ccc(CC2CCN(CCCF)C2)cc1. The lowest BCUT2D eigenvalue weighted by Crippen LogP contribution is -2.22. The van der Waals surface area contributed by atoms with Gasteiger partial charge in [-0.15, -0.1) is 0 Å². The van der Waals surface area contributed by atoms with Gasteiger partial charge in [-0.1, -0.05) is 54.1 Å². The predicted octanol–water partition coefficient (Wildman–Crippen LogP) is 7.56. The van der Waals surface area contributed by atoms with Gasteiger partial charge in [-0.05, 0) is 114 Å². The van der Waals surface area contributed by atoms with Crippen molar-refractivity contribution in [3.63, 3.8) is 0 Å². The molecule has 1 fully saturated rings. The third-order valence-corrected chi connectivity index (χ3v) is 7.95. The number of carboxylic acids is 1. The Bertz CT molecular complexity index is 1300. The first-order chi connectivity index (χ1) is 18.0. The van der Waals surface area contributed by atoms with E-state index in [0.717, 1.165) is 79.6 Å². The number of nitrogens with zero attached hydrogens (tertiary/aromatic N) is 1. The summed E-state index contributed by atoms with van der Waals surface area (Å²) in [5.74, 6) is -0.285. The van der Waals surface area contributed by atoms with Crippen LogP contribution in [-0.2, 0) is 12.8 Å². The topological polar surface area (TPSA) is 40.5 Å². The Kier molecular flexibility index (Phi) is 8.07. The van der Waals surface area contributed by atoms with Gasteiger partial charge in [-0.2, -0.15) is 0 Å². The smallest absolute Gasteiger partial charge is 0.335 e. The Morgan fingerprint density at radius 1 is 1.03 bits per heavy atom. The number of benzene rings is 3. The molecule has 1 unspecified atom stereocenters. The minimum atomic E-state index is -0.896. The van der Waals surface area contributed by atoms with Gasteiger partial charge in [0, 0.05) is 18.1 Å². The zero-order chi connectivity index (χ0) is 25.8. The number of rotatable bonds is 8. The first-order valence-electron chi connectivity index (χ1n) is 13.2. The number of hydrogen-bond donors (Lipinski definition) is 1. The largest absolute Gasteiger partial charge is 0.478 e. The fraction of sp³-hybridized carbons (Fsp3) is 0.344. The van der Waals surface area contributed by atoms with Crippen LogP contribution in [0.2, 0.25) is 5.02 Å². The number of aryl methyl sites for hydroxylation is 1. The average molecular weight is 518 g/mol. The van der Waals surface area contributed by atoms with Crippen LogP contribution in [0, 0.1) is 5.92 Å². The minimum Gasteiger partial charge on any atom is -0.478 e. The van der Waals surface area contributed by atoms with Crippen LogP contribution in [0.4, 0.5) is 4.39 Å². The van der Waals surface area contributed by atoms with E-state index in [-0.39, 0.29) is 6.67 Å². The van der Waals surface area contributed by atoms with Crippen molar-refractivity contribution < 1.29 is 14.3 Å². The van der Waals surface area contributed by atoms with Gasteiger partial charge in [-0.25, -0.2) is 4.79 Å². The number of carbonyl (C=O) groups is 1. The molecule has 2 aliphatic rings. The highest BCUT2D eigenvalue weighted by atomic mass is 35.5. The molecule has 1 atom stereocenters. The van der Waals surface area contributed by atoms with Gasteiger partial charge < -0.3 is 10.0 Å². The number of allylic oxidation sites excluding steroid dienone is 1. The fourth-order valence-corrected chi connectivity index (χ4v) is 6.11. The number of carboxylic acid groups (broad SMARTS) is 1. The summed E-state index contributed by atoms with van der Waals surface area (Å²) < 4.78 is 12.5. The summed E-state index contributed by atoms with van der Waals surface area (Å²) >= 11 is 6.38. The molecule has 1 aliphatic heterocycles. The number of likely N-dealkylation sites (tertiary alicyclic amines) is 1. The van der Waals surface area contributed by atoms with Crippen molar-refractivity contribution in [3.05, 3.63) is 105 Å². The third-order valence-electron chi connectivity index (χ3n) is 7.71. The molecule has 3 aromatic carbocycles. The quantitative estimate of drug-likeness (QED) is 0.335. The van der Waals surface area contributed by atoms with Gasteiger partial charge in [-0.3, -0.25) is 4.39 Å². The molecule has 0 amide bonds. The Hall–Kier alpha value is -2.95. The summed E-state index contributed by atoms with van der Waals surface area (Å²) in [4.78, 5) is 14.0. The van der Waals surface area contributed by atoms with Crippen LogP contribution in [0.15, 0.2) is 66.7 Å². The highest BCUT2D eigenvalue weighted by Crippen LogP contribution is 2.40. The minimum absolute atomic E-state index is 0.240. The standard InChI is InChI=1S/C32H33ClFNO2/c33-28-6-1-4-26(20-28)29-7-2-5-25-19-27(32(36)37)12-13-30(25)31(29)24-10-8-22(9-11-24)18-23-14-17-35(21-23)16-3-15-34/h1,4,6,8-13,19-20,23H,2-3,5,7,14-18,21H2,(H,36,37). The van der Waals surface area contributed by atoms with E-state index in [1.165, 1.54) is 11.1 Å². The molecule has 1 saturated heterocycles. The van der Waals surface area contributed by atoms with E-state index >= 15 is 0 Å². The zero-order valence-electron chi connectivity index (χ0n) is 21.1. The maximum Gasteiger partial charge on any atom is 0.335 e. The molecule has 1 N–H and O–H groups in total. The van der Waals surface area contributed by atoms with Gasteiger partial charge in [0.2, 0.25) is 0 Å². The lowest BCUT2D eigenvalue weighted by Gasteiger charge is -2.18. The molecule has 0 spiro atoms. The van der Waals surface area contributed by atoms with Gasteiger partial charge in [0.15, 0.2) is 0 Å². The Labute approximate surface area is 223 Å². The summed E-state index contributed by atoms with van der Waals surface area (Å²) in [6.45, 7) is 2.73. The number of halogens is 2. The highest BCUT2D eigenvalue weighted by molar-refractivity contribution is 6.30. The van der Waals surface area contributed by atoms with Crippen molar-refractivity contribution in [1.82, 2.24) is 4.90 Å². The first kappa shape index (κ1) is 25.7. The van der Waals surface area contributed by atoms with Crippen molar-refractivity contribution in [3.8, 4) is 0 Å². The van der Waals surface area contributed by atoms with Crippen LogP contribution in [0.5, 0.6) is 0 Å². The van der Waals surface area contributed by atoms with Crippen LogP contribution in [0.1, 0.15) is 63.9 Å². The molecule has 1 heterocycles. The van der Waals surface area contributed by atoms with Crippen LogP contribution in [0.3, 0.4) is 0 Å². The van der Waals surface area contributed by atoms with Crippen LogP contribution in [0.25, 0.3) is 11.1 Å². The van der Waals surface area contributed by atoms with E-state index in [0.29, 0.717) is 22.9 Å². The van der Waals surface area contributed by atoms with E-state index in [9.17, 15) is 14.3 Å². The second-order valence-electron chi connectivity index (χ2n) is 10.3. The Morgan fingerprint density at radius 3 is 2.62 bits per heavy atom. The van der Waals surface area contributed by atoms with Crippen LogP contribution in [-0.4, -0.2) is 42.3 Å². The molecular formula is C32H33ClFNO2. The maximum absolute atomic E-state index is 12.5. The molecule has 0 radical (unpaired) electrons. The van der Waals surface area contributed by atoms with Crippen molar-refractivity contribution in [2.75, 3.05) is 26.3 Å². The molecule has 0 bridgehead atoms. The number of hydrogen-bond acceptors (Lipinski definition) is 2. The molecule has 192 valence electrons. The summed E-state index contributed by atoms with van der Waals surface area (Å²) in [5.41, 5.74) is 8.49. The van der Waals surface area contributed by atoms with E-state index in [1.807, 2.05) is 30.3 Å². The van der Waals surface area contributed by atoms with Gasteiger partial charge >= 0.3 is 5.97 Å².